The standard InChI is InChI=1S/C13H16N2O6S/c1-9-7-10(15(17)18)4-5-12(9)22(19,20)14-13(16)8-11-3-2-6-21-11/h4-5,7,11H,2-3,6,8H2,1H3,(H,14,16). The van der Waals surface area contributed by atoms with Crippen molar-refractivity contribution >= 4 is 21.6 Å². The number of carbonyl (C=O) groups excluding carboxylic acids is 1. The highest BCUT2D eigenvalue weighted by molar-refractivity contribution is 7.90. The van der Waals surface area contributed by atoms with Crippen LogP contribution in [0.3, 0.4) is 0 Å². The van der Waals surface area contributed by atoms with E-state index in [4.69, 9.17) is 4.74 Å². The van der Waals surface area contributed by atoms with E-state index in [0.29, 0.717) is 6.61 Å². The third-order valence-corrected chi connectivity index (χ3v) is 4.88. The molecular weight excluding hydrogens is 312 g/mol. The third-order valence-electron chi connectivity index (χ3n) is 3.34. The van der Waals surface area contributed by atoms with Gasteiger partial charge in [-0.1, -0.05) is 0 Å². The molecule has 0 spiro atoms. The summed E-state index contributed by atoms with van der Waals surface area (Å²) in [6.07, 6.45) is 1.30. The Morgan fingerprint density at radius 3 is 2.77 bits per heavy atom. The van der Waals surface area contributed by atoms with Crippen LogP contribution in [-0.4, -0.2) is 32.0 Å². The number of nitrogens with zero attached hydrogens (tertiary/aromatic N) is 1. The molecular formula is C13H16N2O6S. The summed E-state index contributed by atoms with van der Waals surface area (Å²) in [5.74, 6) is -0.648. The smallest absolute Gasteiger partial charge is 0.269 e. The van der Waals surface area contributed by atoms with E-state index < -0.39 is 20.9 Å². The fourth-order valence-electron chi connectivity index (χ4n) is 2.31. The average Bonchev–Trinajstić information content (AvgIpc) is 2.90. The molecule has 22 heavy (non-hydrogen) atoms. The summed E-state index contributed by atoms with van der Waals surface area (Å²) in [7, 11) is -4.05. The fraction of sp³-hybridized carbons (Fsp3) is 0.462. The van der Waals surface area contributed by atoms with Crippen LogP contribution >= 0.6 is 0 Å². The summed E-state index contributed by atoms with van der Waals surface area (Å²) in [4.78, 5) is 21.7. The monoisotopic (exact) mass is 328 g/mol. The van der Waals surface area contributed by atoms with Crippen LogP contribution in [0.5, 0.6) is 0 Å². The van der Waals surface area contributed by atoms with Gasteiger partial charge in [0.05, 0.1) is 22.3 Å². The van der Waals surface area contributed by atoms with E-state index in [2.05, 4.69) is 0 Å². The molecule has 1 aromatic carbocycles. The summed E-state index contributed by atoms with van der Waals surface area (Å²) in [6.45, 7) is 2.01. The van der Waals surface area contributed by atoms with E-state index in [1.54, 1.807) is 0 Å². The van der Waals surface area contributed by atoms with Gasteiger partial charge < -0.3 is 4.74 Å². The molecule has 0 radical (unpaired) electrons. The lowest BCUT2D eigenvalue weighted by Gasteiger charge is -2.11. The lowest BCUT2D eigenvalue weighted by molar-refractivity contribution is -0.385. The number of hydrogen-bond acceptors (Lipinski definition) is 6. The number of amides is 1. The van der Waals surface area contributed by atoms with Gasteiger partial charge in [0.1, 0.15) is 0 Å². The van der Waals surface area contributed by atoms with Gasteiger partial charge in [0.15, 0.2) is 0 Å². The number of aryl methyl sites for hydroxylation is 1. The first-order valence-electron chi connectivity index (χ1n) is 6.72. The van der Waals surface area contributed by atoms with Crippen LogP contribution in [0, 0.1) is 17.0 Å². The molecule has 1 amide bonds. The molecule has 0 bridgehead atoms. The number of hydrogen-bond donors (Lipinski definition) is 1. The zero-order valence-electron chi connectivity index (χ0n) is 11.9. The van der Waals surface area contributed by atoms with E-state index in [1.165, 1.54) is 6.92 Å². The van der Waals surface area contributed by atoms with Crippen molar-refractivity contribution in [2.45, 2.75) is 37.2 Å². The van der Waals surface area contributed by atoms with E-state index in [0.717, 1.165) is 31.0 Å². The Hall–Kier alpha value is -2.00. The van der Waals surface area contributed by atoms with Gasteiger partial charge in [-0.25, -0.2) is 13.1 Å². The highest BCUT2D eigenvalue weighted by Gasteiger charge is 2.25. The molecule has 1 atom stereocenters. The number of benzene rings is 1. The quantitative estimate of drug-likeness (QED) is 0.643. The molecule has 1 aliphatic heterocycles. The first-order valence-corrected chi connectivity index (χ1v) is 8.20. The van der Waals surface area contributed by atoms with Crippen molar-refractivity contribution in [1.82, 2.24) is 4.72 Å². The summed E-state index contributed by atoms with van der Waals surface area (Å²) >= 11 is 0. The van der Waals surface area contributed by atoms with Crippen molar-refractivity contribution in [2.75, 3.05) is 6.61 Å². The SMILES string of the molecule is Cc1cc([N+](=O)[O-])ccc1S(=O)(=O)NC(=O)CC1CCCO1. The zero-order chi connectivity index (χ0) is 16.3. The first-order chi connectivity index (χ1) is 10.3. The van der Waals surface area contributed by atoms with Gasteiger partial charge in [-0.2, -0.15) is 0 Å². The summed E-state index contributed by atoms with van der Waals surface area (Å²) in [6, 6.07) is 3.36. The van der Waals surface area contributed by atoms with Crippen molar-refractivity contribution in [3.8, 4) is 0 Å². The molecule has 1 fully saturated rings. The number of nitrogens with one attached hydrogen (secondary N) is 1. The Kier molecular flexibility index (Phi) is 4.77. The van der Waals surface area contributed by atoms with Crippen LogP contribution in [-0.2, 0) is 19.6 Å². The van der Waals surface area contributed by atoms with Crippen molar-refractivity contribution in [3.05, 3.63) is 33.9 Å². The predicted molar refractivity (Wildman–Crippen MR) is 76.8 cm³/mol. The summed E-state index contributed by atoms with van der Waals surface area (Å²) in [5, 5.41) is 10.7. The van der Waals surface area contributed by atoms with Crippen LogP contribution < -0.4 is 4.72 Å². The van der Waals surface area contributed by atoms with Crippen LogP contribution in [0.2, 0.25) is 0 Å². The van der Waals surface area contributed by atoms with Crippen LogP contribution in [0.25, 0.3) is 0 Å². The van der Waals surface area contributed by atoms with Crippen LogP contribution in [0.1, 0.15) is 24.8 Å². The fourth-order valence-corrected chi connectivity index (χ4v) is 3.53. The largest absolute Gasteiger partial charge is 0.378 e. The number of nitro benzene ring substituents is 1. The number of rotatable bonds is 5. The topological polar surface area (TPSA) is 116 Å². The van der Waals surface area contributed by atoms with Gasteiger partial charge >= 0.3 is 0 Å². The molecule has 0 aliphatic carbocycles. The maximum atomic E-state index is 12.2. The Morgan fingerprint density at radius 1 is 1.50 bits per heavy atom. The van der Waals surface area contributed by atoms with Gasteiger partial charge in [0, 0.05) is 18.7 Å². The Morgan fingerprint density at radius 2 is 2.23 bits per heavy atom. The van der Waals surface area contributed by atoms with E-state index in [-0.39, 0.29) is 28.7 Å². The maximum Gasteiger partial charge on any atom is 0.269 e. The number of non-ortho nitro benzene ring substituents is 1. The number of sulfonamides is 1. The normalized spacial score (nSPS) is 18.1. The second-order valence-electron chi connectivity index (χ2n) is 5.07. The van der Waals surface area contributed by atoms with Gasteiger partial charge in [0.25, 0.3) is 15.7 Å². The maximum absolute atomic E-state index is 12.2. The molecule has 0 aromatic heterocycles. The number of carbonyl (C=O) groups is 1. The first kappa shape index (κ1) is 16.4. The Balaban J connectivity index is 2.12. The van der Waals surface area contributed by atoms with Crippen molar-refractivity contribution < 1.29 is 22.9 Å². The van der Waals surface area contributed by atoms with Crippen LogP contribution in [0.4, 0.5) is 5.69 Å². The van der Waals surface area contributed by atoms with Gasteiger partial charge in [0.2, 0.25) is 5.91 Å². The van der Waals surface area contributed by atoms with E-state index in [1.807, 2.05) is 4.72 Å². The molecule has 2 rings (SSSR count). The van der Waals surface area contributed by atoms with Gasteiger partial charge in [-0.3, -0.25) is 14.9 Å². The second-order valence-corrected chi connectivity index (χ2v) is 6.73. The van der Waals surface area contributed by atoms with Crippen molar-refractivity contribution in [2.24, 2.45) is 0 Å². The summed E-state index contributed by atoms with van der Waals surface area (Å²) in [5.41, 5.74) is -0.00579. The molecule has 9 heteroatoms. The molecule has 1 saturated heterocycles. The lowest BCUT2D eigenvalue weighted by Crippen LogP contribution is -2.33. The molecule has 1 unspecified atom stereocenters. The Bertz CT molecular complexity index is 694. The van der Waals surface area contributed by atoms with Gasteiger partial charge in [-0.15, -0.1) is 0 Å². The molecule has 1 aliphatic rings. The van der Waals surface area contributed by atoms with E-state index >= 15 is 0 Å². The molecule has 8 nitrogen and oxygen atoms in total. The number of ether oxygens (including phenoxy) is 1. The molecule has 1 aromatic rings. The van der Waals surface area contributed by atoms with E-state index in [9.17, 15) is 23.3 Å². The zero-order valence-corrected chi connectivity index (χ0v) is 12.8. The number of nitro groups is 1. The van der Waals surface area contributed by atoms with Gasteiger partial charge in [-0.05, 0) is 31.4 Å². The highest BCUT2D eigenvalue weighted by Crippen LogP contribution is 2.21. The van der Waals surface area contributed by atoms with Crippen molar-refractivity contribution in [3.63, 3.8) is 0 Å². The highest BCUT2D eigenvalue weighted by atomic mass is 32.2. The lowest BCUT2D eigenvalue weighted by atomic mass is 10.2. The average molecular weight is 328 g/mol. The minimum Gasteiger partial charge on any atom is -0.378 e. The molecule has 1 N–H and O–H groups in total. The molecule has 0 saturated carbocycles. The third kappa shape index (κ3) is 3.80. The minimum absolute atomic E-state index is 0.0226. The Labute approximate surface area is 127 Å². The predicted octanol–water partition coefficient (Wildman–Crippen LogP) is 1.28. The minimum atomic E-state index is -4.05. The summed E-state index contributed by atoms with van der Waals surface area (Å²) < 4.78 is 31.6. The molecule has 120 valence electrons. The van der Waals surface area contributed by atoms with Crippen molar-refractivity contribution in [1.29, 1.82) is 0 Å². The molecule has 1 heterocycles. The second kappa shape index (κ2) is 6.41. The van der Waals surface area contributed by atoms with Crippen LogP contribution in [0.15, 0.2) is 23.1 Å².